The monoisotopic (exact) mass is 445 g/mol. The summed E-state index contributed by atoms with van der Waals surface area (Å²) in [5.41, 5.74) is 4.69. The molecular formula is C23H31N3O4S. The molecule has 8 heteroatoms. The van der Waals surface area contributed by atoms with Gasteiger partial charge in [-0.1, -0.05) is 39.3 Å². The molecule has 0 atom stereocenters. The molecule has 1 amide bonds. The largest absolute Gasteiger partial charge is 0.494 e. The van der Waals surface area contributed by atoms with E-state index in [1.807, 2.05) is 36.4 Å². The Morgan fingerprint density at radius 2 is 1.77 bits per heavy atom. The van der Waals surface area contributed by atoms with E-state index in [4.69, 9.17) is 4.74 Å². The van der Waals surface area contributed by atoms with Gasteiger partial charge in [-0.25, -0.2) is 13.8 Å². The highest BCUT2D eigenvalue weighted by atomic mass is 32.2. The van der Waals surface area contributed by atoms with Crippen LogP contribution in [-0.4, -0.2) is 39.9 Å². The molecule has 0 unspecified atom stereocenters. The van der Waals surface area contributed by atoms with Crippen LogP contribution in [0.5, 0.6) is 5.75 Å². The van der Waals surface area contributed by atoms with Crippen molar-refractivity contribution in [3.05, 3.63) is 59.7 Å². The minimum atomic E-state index is -3.63. The Morgan fingerprint density at radius 3 is 2.32 bits per heavy atom. The minimum Gasteiger partial charge on any atom is -0.494 e. The van der Waals surface area contributed by atoms with E-state index in [-0.39, 0.29) is 6.54 Å². The third-order valence-electron chi connectivity index (χ3n) is 4.58. The van der Waals surface area contributed by atoms with Crippen LogP contribution in [0.1, 0.15) is 50.7 Å². The highest BCUT2D eigenvalue weighted by Gasteiger charge is 2.20. The molecule has 0 saturated carbocycles. The topological polar surface area (TPSA) is 88.1 Å². The lowest BCUT2D eigenvalue weighted by Crippen LogP contribution is -2.39. The maximum absolute atomic E-state index is 12.3. The van der Waals surface area contributed by atoms with Crippen LogP contribution in [0.3, 0.4) is 0 Å². The van der Waals surface area contributed by atoms with Crippen molar-refractivity contribution < 1.29 is 17.9 Å². The number of hydrogen-bond donors (Lipinski definition) is 1. The number of sulfonamides is 1. The number of hydrogen-bond acceptors (Lipinski definition) is 5. The van der Waals surface area contributed by atoms with Crippen LogP contribution < -0.4 is 14.5 Å². The lowest BCUT2D eigenvalue weighted by molar-refractivity contribution is -0.119. The van der Waals surface area contributed by atoms with Crippen LogP contribution in [0.25, 0.3) is 0 Å². The summed E-state index contributed by atoms with van der Waals surface area (Å²) in [7, 11) is -3.63. The Hall–Kier alpha value is -2.87. The Labute approximate surface area is 185 Å². The molecule has 1 N–H and O–H groups in total. The van der Waals surface area contributed by atoms with Crippen LogP contribution in [0.4, 0.5) is 5.69 Å². The summed E-state index contributed by atoms with van der Waals surface area (Å²) in [4.78, 5) is 12.3. The van der Waals surface area contributed by atoms with Gasteiger partial charge in [0.1, 0.15) is 12.3 Å². The molecule has 0 radical (unpaired) electrons. The Bertz CT molecular complexity index is 969. The molecule has 31 heavy (non-hydrogen) atoms. The Balaban J connectivity index is 1.97. The second kappa shape index (κ2) is 11.5. The molecule has 2 aromatic carbocycles. The van der Waals surface area contributed by atoms with Gasteiger partial charge in [-0.15, -0.1) is 0 Å². The van der Waals surface area contributed by atoms with Crippen LogP contribution in [0, 0.1) is 0 Å². The lowest BCUT2D eigenvalue weighted by atomic mass is 10.0. The van der Waals surface area contributed by atoms with E-state index in [0.29, 0.717) is 18.2 Å². The molecule has 0 fully saturated rings. The van der Waals surface area contributed by atoms with Crippen LogP contribution in [-0.2, 0) is 14.8 Å². The number of anilines is 1. The van der Waals surface area contributed by atoms with E-state index < -0.39 is 15.9 Å². The van der Waals surface area contributed by atoms with E-state index in [1.165, 1.54) is 6.21 Å². The zero-order valence-corrected chi connectivity index (χ0v) is 19.4. The van der Waals surface area contributed by atoms with Gasteiger partial charge < -0.3 is 4.74 Å². The Kier molecular flexibility index (Phi) is 9.05. The van der Waals surface area contributed by atoms with Gasteiger partial charge in [0.25, 0.3) is 5.91 Å². The maximum Gasteiger partial charge on any atom is 0.260 e. The van der Waals surface area contributed by atoms with Crippen molar-refractivity contribution in [2.75, 3.05) is 23.7 Å². The molecule has 0 saturated heterocycles. The normalized spacial score (nSPS) is 11.6. The molecule has 7 nitrogen and oxygen atoms in total. The van der Waals surface area contributed by atoms with Crippen molar-refractivity contribution in [1.82, 2.24) is 5.43 Å². The molecule has 0 spiro atoms. The van der Waals surface area contributed by atoms with Crippen molar-refractivity contribution in [2.24, 2.45) is 5.10 Å². The highest BCUT2D eigenvalue weighted by Crippen LogP contribution is 2.21. The third-order valence-corrected chi connectivity index (χ3v) is 5.73. The Morgan fingerprint density at radius 1 is 1.13 bits per heavy atom. The number of rotatable bonds is 11. The van der Waals surface area contributed by atoms with Gasteiger partial charge in [0.15, 0.2) is 0 Å². The SMILES string of the molecule is CCCCOc1ccc(/C=N\NC(=O)CN(c2ccc(C(C)C)cc2)S(C)(=O)=O)cc1. The number of ether oxygens (including phenoxy) is 1. The highest BCUT2D eigenvalue weighted by molar-refractivity contribution is 7.92. The number of unbranched alkanes of at least 4 members (excludes halogenated alkanes) is 1. The zero-order valence-electron chi connectivity index (χ0n) is 18.5. The summed E-state index contributed by atoms with van der Waals surface area (Å²) in [6.45, 7) is 6.54. The fraction of sp³-hybridized carbons (Fsp3) is 0.391. The van der Waals surface area contributed by atoms with E-state index >= 15 is 0 Å². The van der Waals surface area contributed by atoms with Gasteiger partial charge in [-0.05, 0) is 59.9 Å². The van der Waals surface area contributed by atoms with Crippen molar-refractivity contribution in [3.8, 4) is 5.75 Å². The molecule has 0 aliphatic rings. The van der Waals surface area contributed by atoms with Gasteiger partial charge in [0, 0.05) is 0 Å². The van der Waals surface area contributed by atoms with Gasteiger partial charge in [0.05, 0.1) is 24.8 Å². The van der Waals surface area contributed by atoms with Gasteiger partial charge in [-0.2, -0.15) is 5.10 Å². The predicted octanol–water partition coefficient (Wildman–Crippen LogP) is 3.91. The molecule has 0 heterocycles. The van der Waals surface area contributed by atoms with Gasteiger partial charge >= 0.3 is 0 Å². The first-order chi connectivity index (χ1) is 14.7. The summed E-state index contributed by atoms with van der Waals surface area (Å²) >= 11 is 0. The fourth-order valence-electron chi connectivity index (χ4n) is 2.75. The third kappa shape index (κ3) is 8.05. The van der Waals surface area contributed by atoms with Crippen LogP contribution in [0.15, 0.2) is 53.6 Å². The second-order valence-corrected chi connectivity index (χ2v) is 9.49. The lowest BCUT2D eigenvalue weighted by Gasteiger charge is -2.21. The van der Waals surface area contributed by atoms with Crippen LogP contribution in [0.2, 0.25) is 0 Å². The molecular weight excluding hydrogens is 414 g/mol. The summed E-state index contributed by atoms with van der Waals surface area (Å²) < 4.78 is 31.1. The second-order valence-electron chi connectivity index (χ2n) is 7.58. The van der Waals surface area contributed by atoms with Crippen molar-refractivity contribution in [1.29, 1.82) is 0 Å². The quantitative estimate of drug-likeness (QED) is 0.323. The minimum absolute atomic E-state index is 0.329. The van der Waals surface area contributed by atoms with Crippen molar-refractivity contribution >= 4 is 27.8 Å². The van der Waals surface area contributed by atoms with E-state index in [9.17, 15) is 13.2 Å². The zero-order chi connectivity index (χ0) is 22.9. The fourth-order valence-corrected chi connectivity index (χ4v) is 3.61. The molecule has 2 aromatic rings. The molecule has 0 aliphatic carbocycles. The van der Waals surface area contributed by atoms with Crippen molar-refractivity contribution in [2.45, 2.75) is 39.5 Å². The molecule has 168 valence electrons. The number of nitrogens with one attached hydrogen (secondary N) is 1. The molecule has 0 aliphatic heterocycles. The first-order valence-corrected chi connectivity index (χ1v) is 12.2. The van der Waals surface area contributed by atoms with Crippen LogP contribution >= 0.6 is 0 Å². The number of carbonyl (C=O) groups is 1. The average molecular weight is 446 g/mol. The summed E-state index contributed by atoms with van der Waals surface area (Å²) in [6.07, 6.45) is 4.64. The predicted molar refractivity (Wildman–Crippen MR) is 125 cm³/mol. The summed E-state index contributed by atoms with van der Waals surface area (Å²) in [6, 6.07) is 14.5. The van der Waals surface area contributed by atoms with Gasteiger partial charge in [-0.3, -0.25) is 9.10 Å². The summed E-state index contributed by atoms with van der Waals surface area (Å²) in [5.74, 6) is 0.575. The molecule has 0 aromatic heterocycles. The molecule has 2 rings (SSSR count). The number of amides is 1. The van der Waals surface area contributed by atoms with E-state index in [2.05, 4.69) is 31.3 Å². The first kappa shape index (κ1) is 24.4. The standard InChI is InChI=1S/C23H31N3O4S/c1-5-6-15-30-22-13-7-19(8-14-22)16-24-25-23(27)17-26(31(4,28)29)21-11-9-20(10-12-21)18(2)3/h7-14,16,18H,5-6,15,17H2,1-4H3,(H,25,27)/b24-16-. The molecule has 0 bridgehead atoms. The smallest absolute Gasteiger partial charge is 0.260 e. The number of carbonyl (C=O) groups excluding carboxylic acids is 1. The maximum atomic E-state index is 12.3. The number of nitrogens with zero attached hydrogens (tertiary/aromatic N) is 2. The number of benzene rings is 2. The number of hydrazone groups is 1. The van der Waals surface area contributed by atoms with Crippen molar-refractivity contribution in [3.63, 3.8) is 0 Å². The average Bonchev–Trinajstić information content (AvgIpc) is 2.72. The van der Waals surface area contributed by atoms with E-state index in [0.717, 1.165) is 40.3 Å². The first-order valence-electron chi connectivity index (χ1n) is 10.3. The van der Waals surface area contributed by atoms with E-state index in [1.54, 1.807) is 12.1 Å². The summed E-state index contributed by atoms with van der Waals surface area (Å²) in [5, 5.41) is 3.93. The van der Waals surface area contributed by atoms with Gasteiger partial charge in [0.2, 0.25) is 10.0 Å².